The van der Waals surface area contributed by atoms with Gasteiger partial charge in [0.15, 0.2) is 0 Å². The maximum absolute atomic E-state index is 12.1. The first kappa shape index (κ1) is 25.3. The molecule has 8 heteroatoms. The average molecular weight is 443 g/mol. The summed E-state index contributed by atoms with van der Waals surface area (Å²) in [4.78, 5) is 17.3. The van der Waals surface area contributed by atoms with Crippen LogP contribution in [0.3, 0.4) is 0 Å². The van der Waals surface area contributed by atoms with Gasteiger partial charge in [-0.05, 0) is 49.5 Å². The molecule has 0 aliphatic heterocycles. The normalized spacial score (nSPS) is 15.3. The third kappa shape index (κ3) is 7.94. The largest absolute Gasteiger partial charge is 0.505 e. The van der Waals surface area contributed by atoms with E-state index in [2.05, 4.69) is 16.0 Å². The summed E-state index contributed by atoms with van der Waals surface area (Å²) in [5.41, 5.74) is 6.82. The first-order valence-electron chi connectivity index (χ1n) is 10.6. The second kappa shape index (κ2) is 10.6. The van der Waals surface area contributed by atoms with Crippen molar-refractivity contribution in [2.45, 2.75) is 64.9 Å². The number of aliphatic hydroxyl groups is 1. The highest BCUT2D eigenvalue weighted by atomic mass is 16.6. The monoisotopic (exact) mass is 442 g/mol. The molecule has 1 amide bonds. The maximum atomic E-state index is 12.1. The van der Waals surface area contributed by atoms with Crippen LogP contribution in [0.25, 0.3) is 0 Å². The zero-order valence-corrected chi connectivity index (χ0v) is 19.5. The highest BCUT2D eigenvalue weighted by Gasteiger charge is 2.22. The van der Waals surface area contributed by atoms with Gasteiger partial charge in [-0.15, -0.1) is 0 Å². The zero-order chi connectivity index (χ0) is 23.9. The predicted molar refractivity (Wildman–Crippen MR) is 127 cm³/mol. The van der Waals surface area contributed by atoms with Crippen molar-refractivity contribution in [3.8, 4) is 5.75 Å². The number of nitrogens with one attached hydrogen (secondary N) is 3. The number of allylic oxidation sites excluding steroid dienone is 4. The van der Waals surface area contributed by atoms with Crippen LogP contribution in [0.4, 0.5) is 5.69 Å². The lowest BCUT2D eigenvalue weighted by Crippen LogP contribution is -2.28. The number of hydrogen-bond donors (Lipinski definition) is 5. The molecule has 1 aliphatic carbocycles. The Kier molecular flexibility index (Phi) is 8.35. The molecular weight excluding hydrogens is 408 g/mol. The van der Waals surface area contributed by atoms with Crippen LogP contribution in [0.5, 0.6) is 5.75 Å². The number of aromatic hydroxyl groups is 1. The third-order valence-electron chi connectivity index (χ3n) is 4.82. The van der Waals surface area contributed by atoms with Crippen LogP contribution in [-0.4, -0.2) is 39.8 Å². The Morgan fingerprint density at radius 2 is 1.84 bits per heavy atom. The summed E-state index contributed by atoms with van der Waals surface area (Å²) in [5, 5.41) is 32.6. The van der Waals surface area contributed by atoms with Crippen molar-refractivity contribution < 1.29 is 19.8 Å². The van der Waals surface area contributed by atoms with Crippen molar-refractivity contribution in [3.63, 3.8) is 0 Å². The summed E-state index contributed by atoms with van der Waals surface area (Å²) < 4.78 is 0. The third-order valence-corrected chi connectivity index (χ3v) is 4.82. The predicted octanol–water partition coefficient (Wildman–Crippen LogP) is 3.74. The second-order valence-electron chi connectivity index (χ2n) is 9.47. The Bertz CT molecular complexity index is 935. The lowest BCUT2D eigenvalue weighted by Gasteiger charge is -2.23. The molecule has 174 valence electrons. The summed E-state index contributed by atoms with van der Waals surface area (Å²) in [6.07, 6.45) is 7.94. The van der Waals surface area contributed by atoms with Gasteiger partial charge in [-0.25, -0.2) is 5.48 Å². The van der Waals surface area contributed by atoms with Crippen LogP contribution in [0.2, 0.25) is 0 Å². The van der Waals surface area contributed by atoms with Gasteiger partial charge < -0.3 is 10.2 Å². The molecule has 0 unspecified atom stereocenters. The number of carbonyl (C=O) groups is 1. The molecule has 0 fully saturated rings. The lowest BCUT2D eigenvalue weighted by molar-refractivity contribution is -0.134. The molecule has 0 heterocycles. The van der Waals surface area contributed by atoms with Crippen molar-refractivity contribution >= 4 is 23.0 Å². The molecule has 0 spiro atoms. The Balaban J connectivity index is 2.10. The van der Waals surface area contributed by atoms with E-state index in [9.17, 15) is 15.0 Å². The number of hydrogen-bond acceptors (Lipinski definition) is 7. The van der Waals surface area contributed by atoms with Gasteiger partial charge in [-0.2, -0.15) is 5.10 Å². The van der Waals surface area contributed by atoms with E-state index in [1.54, 1.807) is 44.2 Å². The topological polar surface area (TPSA) is 127 Å². The fourth-order valence-corrected chi connectivity index (χ4v) is 2.93. The Labute approximate surface area is 189 Å². The van der Waals surface area contributed by atoms with Crippen LogP contribution >= 0.6 is 0 Å². The number of rotatable bonds is 9. The zero-order valence-electron chi connectivity index (χ0n) is 19.5. The van der Waals surface area contributed by atoms with Gasteiger partial charge in [-0.3, -0.25) is 20.5 Å². The van der Waals surface area contributed by atoms with E-state index >= 15 is 0 Å². The number of phenolic OH excluding ortho intramolecular Hbond substituents is 1. The van der Waals surface area contributed by atoms with Crippen LogP contribution in [0.1, 0.15) is 58.6 Å². The molecule has 32 heavy (non-hydrogen) atoms. The van der Waals surface area contributed by atoms with E-state index in [0.29, 0.717) is 24.2 Å². The van der Waals surface area contributed by atoms with E-state index in [1.165, 1.54) is 0 Å². The van der Waals surface area contributed by atoms with Crippen LogP contribution in [-0.2, 0) is 21.5 Å². The molecule has 1 aromatic carbocycles. The summed E-state index contributed by atoms with van der Waals surface area (Å²) in [6.45, 7) is 9.56. The highest BCUT2D eigenvalue weighted by molar-refractivity contribution is 6.50. The Morgan fingerprint density at radius 3 is 2.47 bits per heavy atom. The van der Waals surface area contributed by atoms with Crippen molar-refractivity contribution in [2.75, 3.05) is 12.0 Å². The van der Waals surface area contributed by atoms with E-state index in [0.717, 1.165) is 11.1 Å². The lowest BCUT2D eigenvalue weighted by atomic mass is 9.84. The first-order chi connectivity index (χ1) is 14.9. The van der Waals surface area contributed by atoms with E-state index < -0.39 is 5.60 Å². The average Bonchev–Trinajstić information content (AvgIpc) is 2.69. The number of hydrazone groups is 1. The molecule has 5 N–H and O–H groups in total. The fraction of sp³-hybridized carbons (Fsp3) is 0.458. The Morgan fingerprint density at radius 1 is 1.16 bits per heavy atom. The second-order valence-corrected chi connectivity index (χ2v) is 9.47. The van der Waals surface area contributed by atoms with Gasteiger partial charge in [0.1, 0.15) is 11.5 Å². The fourth-order valence-electron chi connectivity index (χ4n) is 2.93. The number of benzene rings is 1. The minimum absolute atomic E-state index is 0.0897. The van der Waals surface area contributed by atoms with E-state index in [1.807, 2.05) is 26.8 Å². The van der Waals surface area contributed by atoms with Gasteiger partial charge in [0.05, 0.1) is 23.6 Å². The van der Waals surface area contributed by atoms with Crippen LogP contribution < -0.4 is 10.9 Å². The number of amides is 1. The number of hydroxylamine groups is 1. The van der Waals surface area contributed by atoms with Gasteiger partial charge in [0.2, 0.25) is 5.91 Å². The number of carbonyl (C=O) groups excluding carboxylic acids is 1. The minimum atomic E-state index is -0.852. The van der Waals surface area contributed by atoms with Crippen molar-refractivity contribution in [1.29, 1.82) is 5.41 Å². The van der Waals surface area contributed by atoms with Gasteiger partial charge in [-0.1, -0.05) is 39.0 Å². The summed E-state index contributed by atoms with van der Waals surface area (Å²) in [5.74, 6) is -0.180. The van der Waals surface area contributed by atoms with Crippen molar-refractivity contribution in [3.05, 3.63) is 47.6 Å². The number of phenols is 1. The smallest absolute Gasteiger partial charge is 0.243 e. The number of aryl methyl sites for hydroxylation is 1. The molecule has 0 saturated carbocycles. The van der Waals surface area contributed by atoms with Crippen molar-refractivity contribution in [2.24, 2.45) is 5.10 Å². The highest BCUT2D eigenvalue weighted by Crippen LogP contribution is 2.37. The molecule has 0 radical (unpaired) electrons. The molecule has 0 aromatic heterocycles. The van der Waals surface area contributed by atoms with Crippen molar-refractivity contribution in [1.82, 2.24) is 5.48 Å². The molecule has 8 nitrogen and oxygen atoms in total. The SMILES string of the molecule is CC(C)(O)CCONC(=O)CCc1cc(N/N=C2/C=CC=CC2=N)c(O)c(C(C)(C)C)c1. The van der Waals surface area contributed by atoms with E-state index in [-0.39, 0.29) is 35.8 Å². The molecule has 0 bridgehead atoms. The molecule has 0 saturated heterocycles. The molecule has 1 aliphatic rings. The summed E-state index contributed by atoms with van der Waals surface area (Å²) >= 11 is 0. The first-order valence-corrected chi connectivity index (χ1v) is 10.6. The summed E-state index contributed by atoms with van der Waals surface area (Å²) in [7, 11) is 0. The molecule has 2 rings (SSSR count). The standard InChI is InChI=1S/C24H34N4O4/c1-23(2,3)17-14-16(10-11-21(29)28-32-13-12-24(4,5)31)15-20(22(17)30)27-26-19-9-7-6-8-18(19)25/h6-9,14-15,25,27,30-31H,10-13H2,1-5H3,(H,28,29)/b25-18?,26-19-. The maximum Gasteiger partial charge on any atom is 0.243 e. The van der Waals surface area contributed by atoms with Crippen LogP contribution in [0.15, 0.2) is 41.5 Å². The minimum Gasteiger partial charge on any atom is -0.505 e. The van der Waals surface area contributed by atoms with Gasteiger partial charge in [0.25, 0.3) is 0 Å². The number of anilines is 1. The molecule has 1 aromatic rings. The van der Waals surface area contributed by atoms with Gasteiger partial charge >= 0.3 is 0 Å². The van der Waals surface area contributed by atoms with E-state index in [4.69, 9.17) is 10.2 Å². The van der Waals surface area contributed by atoms with Crippen LogP contribution in [0, 0.1) is 5.41 Å². The molecular formula is C24H34N4O4. The van der Waals surface area contributed by atoms with Gasteiger partial charge in [0, 0.05) is 18.4 Å². The Hall–Kier alpha value is -2.97. The quantitative estimate of drug-likeness (QED) is 0.172. The number of nitrogens with zero attached hydrogens (tertiary/aromatic N) is 1. The molecule has 0 atom stereocenters. The summed E-state index contributed by atoms with van der Waals surface area (Å²) in [6, 6.07) is 3.64.